The molecule has 0 radical (unpaired) electrons. The molecule has 1 heterocycles. The smallest absolute Gasteiger partial charge is 0.0630 e. The Morgan fingerprint density at radius 2 is 2.31 bits per heavy atom. The molecule has 3 heteroatoms. The summed E-state index contributed by atoms with van der Waals surface area (Å²) in [5.41, 5.74) is 0. The lowest BCUT2D eigenvalue weighted by atomic mass is 10.1. The first kappa shape index (κ1) is 14.3. The van der Waals surface area contributed by atoms with Gasteiger partial charge in [-0.3, -0.25) is 0 Å². The van der Waals surface area contributed by atoms with Crippen LogP contribution in [0.4, 0.5) is 0 Å². The maximum Gasteiger partial charge on any atom is 0.0630 e. The fourth-order valence-corrected chi connectivity index (χ4v) is 2.88. The van der Waals surface area contributed by atoms with Crippen LogP contribution in [0.2, 0.25) is 0 Å². The molecule has 16 heavy (non-hydrogen) atoms. The van der Waals surface area contributed by atoms with E-state index in [0.29, 0.717) is 11.4 Å². The molecule has 0 bridgehead atoms. The Morgan fingerprint density at radius 1 is 1.50 bits per heavy atom. The summed E-state index contributed by atoms with van der Waals surface area (Å²) < 4.78 is 5.56. The maximum atomic E-state index is 9.81. The van der Waals surface area contributed by atoms with E-state index in [4.69, 9.17) is 4.74 Å². The first-order valence-electron chi connectivity index (χ1n) is 6.63. The van der Waals surface area contributed by atoms with Gasteiger partial charge >= 0.3 is 0 Å². The van der Waals surface area contributed by atoms with Gasteiger partial charge in [0.1, 0.15) is 0 Å². The molecule has 0 amide bonds. The maximum absolute atomic E-state index is 9.81. The van der Waals surface area contributed by atoms with Crippen molar-refractivity contribution in [3.63, 3.8) is 0 Å². The van der Waals surface area contributed by atoms with E-state index in [1.54, 1.807) is 0 Å². The van der Waals surface area contributed by atoms with Gasteiger partial charge in [-0.05, 0) is 38.5 Å². The summed E-state index contributed by atoms with van der Waals surface area (Å²) in [6.45, 7) is 5.36. The minimum atomic E-state index is -0.125. The zero-order valence-electron chi connectivity index (χ0n) is 10.7. The Kier molecular flexibility index (Phi) is 7.50. The Bertz CT molecular complexity index is 169. The van der Waals surface area contributed by atoms with Gasteiger partial charge in [-0.15, -0.1) is 0 Å². The first-order chi connectivity index (χ1) is 7.72. The van der Waals surface area contributed by atoms with E-state index >= 15 is 0 Å². The molecule has 0 aromatic rings. The van der Waals surface area contributed by atoms with Crippen LogP contribution in [0.3, 0.4) is 0 Å². The van der Waals surface area contributed by atoms with Crippen molar-refractivity contribution in [1.82, 2.24) is 0 Å². The average Bonchev–Trinajstić information content (AvgIpc) is 2.79. The van der Waals surface area contributed by atoms with Gasteiger partial charge in [0.2, 0.25) is 0 Å². The van der Waals surface area contributed by atoms with E-state index in [-0.39, 0.29) is 6.10 Å². The fraction of sp³-hybridized carbons (Fsp3) is 1.00. The van der Waals surface area contributed by atoms with Crippen LogP contribution in [0.15, 0.2) is 0 Å². The van der Waals surface area contributed by atoms with Gasteiger partial charge in [-0.1, -0.05) is 13.8 Å². The van der Waals surface area contributed by atoms with E-state index in [9.17, 15) is 5.11 Å². The van der Waals surface area contributed by atoms with Crippen LogP contribution < -0.4 is 0 Å². The summed E-state index contributed by atoms with van der Waals surface area (Å²) in [4.78, 5) is 0. The molecule has 1 saturated heterocycles. The highest BCUT2D eigenvalue weighted by Crippen LogP contribution is 2.20. The highest BCUT2D eigenvalue weighted by Gasteiger charge is 2.15. The van der Waals surface area contributed by atoms with Gasteiger partial charge < -0.3 is 9.84 Å². The highest BCUT2D eigenvalue weighted by atomic mass is 32.2. The van der Waals surface area contributed by atoms with Gasteiger partial charge in [0.15, 0.2) is 0 Å². The molecule has 1 fully saturated rings. The zero-order chi connectivity index (χ0) is 11.8. The Morgan fingerprint density at radius 3 is 2.94 bits per heavy atom. The molecule has 1 aliphatic rings. The van der Waals surface area contributed by atoms with Crippen molar-refractivity contribution in [2.45, 2.75) is 69.8 Å². The van der Waals surface area contributed by atoms with Crippen LogP contribution in [0.1, 0.15) is 52.4 Å². The third-order valence-electron chi connectivity index (χ3n) is 3.24. The first-order valence-corrected chi connectivity index (χ1v) is 7.68. The van der Waals surface area contributed by atoms with Crippen molar-refractivity contribution in [3.05, 3.63) is 0 Å². The van der Waals surface area contributed by atoms with Gasteiger partial charge in [0.25, 0.3) is 0 Å². The third kappa shape index (κ3) is 6.12. The molecule has 96 valence electrons. The van der Waals surface area contributed by atoms with E-state index in [1.807, 2.05) is 11.8 Å². The normalized spacial score (nSPS) is 24.6. The van der Waals surface area contributed by atoms with Crippen molar-refractivity contribution in [2.75, 3.05) is 12.4 Å². The molecule has 0 spiro atoms. The lowest BCUT2D eigenvalue weighted by Crippen LogP contribution is -2.13. The number of aliphatic hydroxyl groups excluding tert-OH is 1. The molecule has 2 nitrogen and oxygen atoms in total. The largest absolute Gasteiger partial charge is 0.392 e. The average molecular weight is 246 g/mol. The summed E-state index contributed by atoms with van der Waals surface area (Å²) in [5, 5.41) is 10.5. The van der Waals surface area contributed by atoms with Crippen LogP contribution in [0.5, 0.6) is 0 Å². The minimum absolute atomic E-state index is 0.125. The van der Waals surface area contributed by atoms with Crippen molar-refractivity contribution in [3.8, 4) is 0 Å². The zero-order valence-corrected chi connectivity index (χ0v) is 11.5. The summed E-state index contributed by atoms with van der Waals surface area (Å²) in [6, 6.07) is 0. The number of hydrogen-bond acceptors (Lipinski definition) is 3. The summed E-state index contributed by atoms with van der Waals surface area (Å²) >= 11 is 1.89. The topological polar surface area (TPSA) is 29.5 Å². The summed E-state index contributed by atoms with van der Waals surface area (Å²) in [7, 11) is 0. The van der Waals surface area contributed by atoms with Crippen molar-refractivity contribution < 1.29 is 9.84 Å². The summed E-state index contributed by atoms with van der Waals surface area (Å²) in [6.07, 6.45) is 7.15. The number of ether oxygens (including phenoxy) is 1. The lowest BCUT2D eigenvalue weighted by Gasteiger charge is -2.14. The molecule has 3 unspecified atom stereocenters. The monoisotopic (exact) mass is 246 g/mol. The second kappa shape index (κ2) is 8.37. The molecule has 0 aromatic carbocycles. The standard InChI is InChI=1S/C13H26O2S/c1-3-11(2)16-10-12(14)6-4-7-13-8-5-9-15-13/h11-14H,3-10H2,1-2H3. The highest BCUT2D eigenvalue weighted by molar-refractivity contribution is 7.99. The fourth-order valence-electron chi connectivity index (χ4n) is 1.93. The molecule has 1 rings (SSSR count). The Hall–Kier alpha value is 0.270. The van der Waals surface area contributed by atoms with Crippen LogP contribution in [0.25, 0.3) is 0 Å². The SMILES string of the molecule is CCC(C)SCC(O)CCCC1CCCO1. The minimum Gasteiger partial charge on any atom is -0.392 e. The molecule has 3 atom stereocenters. The van der Waals surface area contributed by atoms with E-state index in [0.717, 1.165) is 31.6 Å². The molecule has 0 aliphatic carbocycles. The van der Waals surface area contributed by atoms with Gasteiger partial charge in [0.05, 0.1) is 12.2 Å². The van der Waals surface area contributed by atoms with Gasteiger partial charge in [0, 0.05) is 17.6 Å². The third-order valence-corrected chi connectivity index (χ3v) is 4.72. The van der Waals surface area contributed by atoms with Crippen molar-refractivity contribution >= 4 is 11.8 Å². The van der Waals surface area contributed by atoms with Crippen molar-refractivity contribution in [2.24, 2.45) is 0 Å². The molecular formula is C13H26O2S. The molecular weight excluding hydrogens is 220 g/mol. The number of hydrogen-bond donors (Lipinski definition) is 1. The second-order valence-corrected chi connectivity index (χ2v) is 6.24. The quantitative estimate of drug-likeness (QED) is 0.713. The predicted molar refractivity (Wildman–Crippen MR) is 71.0 cm³/mol. The lowest BCUT2D eigenvalue weighted by molar-refractivity contribution is 0.0966. The van der Waals surface area contributed by atoms with Crippen LogP contribution in [-0.2, 0) is 4.74 Å². The van der Waals surface area contributed by atoms with Gasteiger partial charge in [-0.2, -0.15) is 11.8 Å². The number of thioether (sulfide) groups is 1. The van der Waals surface area contributed by atoms with E-state index in [1.165, 1.54) is 19.3 Å². The van der Waals surface area contributed by atoms with Crippen LogP contribution in [0, 0.1) is 0 Å². The second-order valence-electron chi connectivity index (χ2n) is 4.77. The Balaban J connectivity index is 1.94. The molecule has 1 N–H and O–H groups in total. The Labute approximate surface area is 104 Å². The number of aliphatic hydroxyl groups is 1. The number of rotatable bonds is 8. The summed E-state index contributed by atoms with van der Waals surface area (Å²) in [5.74, 6) is 0.889. The van der Waals surface area contributed by atoms with E-state index in [2.05, 4.69) is 13.8 Å². The van der Waals surface area contributed by atoms with Crippen LogP contribution in [-0.4, -0.2) is 34.9 Å². The molecule has 1 aliphatic heterocycles. The van der Waals surface area contributed by atoms with Crippen molar-refractivity contribution in [1.29, 1.82) is 0 Å². The molecule has 0 saturated carbocycles. The predicted octanol–water partition coefficient (Wildman–Crippen LogP) is 3.23. The molecule has 0 aromatic heterocycles. The van der Waals surface area contributed by atoms with Gasteiger partial charge in [-0.25, -0.2) is 0 Å². The van der Waals surface area contributed by atoms with E-state index < -0.39 is 0 Å². The van der Waals surface area contributed by atoms with Crippen LogP contribution >= 0.6 is 11.8 Å².